The summed E-state index contributed by atoms with van der Waals surface area (Å²) in [5, 5.41) is 12.8. The Morgan fingerprint density at radius 3 is 2.76 bits per heavy atom. The number of nitrogens with one attached hydrogen (secondary N) is 1. The predicted octanol–water partition coefficient (Wildman–Crippen LogP) is 2.44. The number of benzene rings is 2. The Morgan fingerprint density at radius 2 is 1.95 bits per heavy atom. The average Bonchev–Trinajstić information content (AvgIpc) is 3.57. The second-order valence-electron chi connectivity index (χ2n) is 10.8. The maximum atomic E-state index is 14.4. The predicted molar refractivity (Wildman–Crippen MR) is 141 cm³/mol. The molecule has 1 spiro atoms. The van der Waals surface area contributed by atoms with Crippen molar-refractivity contribution in [2.45, 2.75) is 43.8 Å². The molecular formula is C29H34N4O5. The lowest BCUT2D eigenvalue weighted by molar-refractivity contribution is -0.139. The van der Waals surface area contributed by atoms with Gasteiger partial charge in [0.1, 0.15) is 16.9 Å². The Labute approximate surface area is 222 Å². The van der Waals surface area contributed by atoms with E-state index in [0.717, 1.165) is 49.0 Å². The second kappa shape index (κ2) is 9.71. The molecular weight excluding hydrogens is 484 g/mol. The van der Waals surface area contributed by atoms with E-state index < -0.39 is 17.4 Å². The number of hydrogen-bond donors (Lipinski definition) is 2. The number of carbonyl (C=O) groups excluding carboxylic acids is 2. The van der Waals surface area contributed by atoms with Crippen molar-refractivity contribution in [3.8, 4) is 5.75 Å². The normalized spacial score (nSPS) is 27.7. The van der Waals surface area contributed by atoms with E-state index in [2.05, 4.69) is 15.1 Å². The van der Waals surface area contributed by atoms with Gasteiger partial charge in [-0.2, -0.15) is 0 Å². The van der Waals surface area contributed by atoms with Gasteiger partial charge in [0.05, 0.1) is 13.0 Å². The second-order valence-corrected chi connectivity index (χ2v) is 10.8. The molecule has 4 heterocycles. The van der Waals surface area contributed by atoms with Crippen LogP contribution in [0.1, 0.15) is 47.2 Å². The fraction of sp³-hybridized carbons (Fsp3) is 0.483. The van der Waals surface area contributed by atoms with Crippen molar-refractivity contribution in [3.05, 3.63) is 59.2 Å². The molecule has 4 aliphatic heterocycles. The summed E-state index contributed by atoms with van der Waals surface area (Å²) in [4.78, 5) is 46.2. The molecule has 3 fully saturated rings. The van der Waals surface area contributed by atoms with Gasteiger partial charge in [0, 0.05) is 50.0 Å². The number of aromatic carboxylic acids is 1. The summed E-state index contributed by atoms with van der Waals surface area (Å²) in [6.45, 7) is 3.75. The largest absolute Gasteiger partial charge is 0.496 e. The number of anilines is 1. The minimum Gasteiger partial charge on any atom is -0.496 e. The molecule has 2 aromatic carbocycles. The Hall–Kier alpha value is -3.43. The first-order valence-electron chi connectivity index (χ1n) is 13.5. The Bertz CT molecular complexity index is 1280. The smallest absolute Gasteiger partial charge is 0.339 e. The van der Waals surface area contributed by atoms with E-state index in [-0.39, 0.29) is 23.4 Å². The fourth-order valence-corrected chi connectivity index (χ4v) is 7.21. The Kier molecular flexibility index (Phi) is 6.36. The summed E-state index contributed by atoms with van der Waals surface area (Å²) in [6, 6.07) is 13.5. The zero-order valence-electron chi connectivity index (χ0n) is 21.7. The highest BCUT2D eigenvalue weighted by Crippen LogP contribution is 2.57. The Balaban J connectivity index is 1.33. The van der Waals surface area contributed by atoms with Crippen LogP contribution in [0.5, 0.6) is 5.75 Å². The summed E-state index contributed by atoms with van der Waals surface area (Å²) >= 11 is 0. The molecule has 3 atom stereocenters. The van der Waals surface area contributed by atoms with Crippen LogP contribution in [-0.2, 0) is 21.7 Å². The van der Waals surface area contributed by atoms with Crippen LogP contribution in [0.25, 0.3) is 0 Å². The summed E-state index contributed by atoms with van der Waals surface area (Å²) in [5.74, 6) is -1.11. The number of hydrogen-bond acceptors (Lipinski definition) is 6. The van der Waals surface area contributed by atoms with Crippen molar-refractivity contribution in [2.24, 2.45) is 5.92 Å². The highest BCUT2D eigenvalue weighted by Gasteiger charge is 2.67. The zero-order valence-corrected chi connectivity index (χ0v) is 21.7. The number of methoxy groups -OCH3 is 1. The van der Waals surface area contributed by atoms with Crippen LogP contribution in [0, 0.1) is 5.92 Å². The molecule has 0 aromatic heterocycles. The van der Waals surface area contributed by atoms with Crippen molar-refractivity contribution < 1.29 is 24.2 Å². The van der Waals surface area contributed by atoms with Crippen LogP contribution in [0.3, 0.4) is 0 Å². The van der Waals surface area contributed by atoms with Gasteiger partial charge in [-0.3, -0.25) is 19.4 Å². The van der Waals surface area contributed by atoms with E-state index >= 15 is 0 Å². The van der Waals surface area contributed by atoms with Crippen LogP contribution in [0.15, 0.2) is 42.5 Å². The third-order valence-corrected chi connectivity index (χ3v) is 8.83. The van der Waals surface area contributed by atoms with Crippen molar-refractivity contribution in [1.29, 1.82) is 0 Å². The van der Waals surface area contributed by atoms with E-state index in [9.17, 15) is 19.5 Å². The van der Waals surface area contributed by atoms with E-state index in [1.165, 1.54) is 7.11 Å². The van der Waals surface area contributed by atoms with Crippen molar-refractivity contribution >= 4 is 23.5 Å². The van der Waals surface area contributed by atoms with Crippen molar-refractivity contribution in [2.75, 3.05) is 44.7 Å². The number of carbonyl (C=O) groups is 3. The number of nitrogens with zero attached hydrogens (tertiary/aromatic N) is 3. The first-order chi connectivity index (χ1) is 18.4. The highest BCUT2D eigenvalue weighted by atomic mass is 16.5. The number of para-hydroxylation sites is 1. The van der Waals surface area contributed by atoms with Gasteiger partial charge in [-0.05, 0) is 56.0 Å². The van der Waals surface area contributed by atoms with Gasteiger partial charge in [0.2, 0.25) is 5.91 Å². The number of rotatable bonds is 4. The lowest BCUT2D eigenvalue weighted by atomic mass is 9.78. The Morgan fingerprint density at radius 1 is 1.11 bits per heavy atom. The van der Waals surface area contributed by atoms with Gasteiger partial charge in [-0.25, -0.2) is 4.79 Å². The molecule has 9 heteroatoms. The van der Waals surface area contributed by atoms with Gasteiger partial charge in [-0.1, -0.05) is 24.3 Å². The first kappa shape index (κ1) is 24.9. The number of carboxylic acids is 1. The monoisotopic (exact) mass is 518 g/mol. The molecule has 0 unspecified atom stereocenters. The van der Waals surface area contributed by atoms with Crippen LogP contribution in [0.2, 0.25) is 0 Å². The first-order valence-corrected chi connectivity index (χ1v) is 13.5. The third kappa shape index (κ3) is 3.79. The minimum absolute atomic E-state index is 0.0152. The van der Waals surface area contributed by atoms with E-state index in [4.69, 9.17) is 4.74 Å². The maximum absolute atomic E-state index is 14.4. The molecule has 6 rings (SSSR count). The molecule has 9 nitrogen and oxygen atoms in total. The van der Waals surface area contributed by atoms with Gasteiger partial charge < -0.3 is 20.1 Å². The number of fused-ring (bicyclic) bond motifs is 4. The number of amides is 2. The molecule has 2 amide bonds. The van der Waals surface area contributed by atoms with Crippen LogP contribution in [-0.4, -0.2) is 78.6 Å². The molecule has 0 radical (unpaired) electrons. The van der Waals surface area contributed by atoms with Crippen LogP contribution >= 0.6 is 0 Å². The van der Waals surface area contributed by atoms with Gasteiger partial charge in [0.15, 0.2) is 0 Å². The molecule has 2 N–H and O–H groups in total. The molecule has 3 saturated heterocycles. The van der Waals surface area contributed by atoms with Crippen molar-refractivity contribution in [3.63, 3.8) is 0 Å². The standard InChI is InChI=1S/C29H34N4O5/c1-38-25-10-9-19(16-21(25)27(35)36)18-31-12-5-11-30-26(34)23-17-20-6-4-13-33(20)29(23)22-7-2-3-8-24(22)32(15-14-31)28(29)37/h2-3,7-10,16,20,23H,4-6,11-15,17-18H2,1H3,(H,30,34)(H,35,36)/t20-,23+,29+/m0/s1. The number of ether oxygens (including phenoxy) is 1. The quantitative estimate of drug-likeness (QED) is 0.641. The topological polar surface area (TPSA) is 102 Å². The fourth-order valence-electron chi connectivity index (χ4n) is 7.21. The zero-order chi connectivity index (χ0) is 26.4. The summed E-state index contributed by atoms with van der Waals surface area (Å²) in [5.41, 5.74) is 1.92. The summed E-state index contributed by atoms with van der Waals surface area (Å²) in [7, 11) is 1.46. The molecule has 0 saturated carbocycles. The molecule has 200 valence electrons. The third-order valence-electron chi connectivity index (χ3n) is 8.83. The van der Waals surface area contributed by atoms with E-state index in [1.54, 1.807) is 12.1 Å². The van der Waals surface area contributed by atoms with Gasteiger partial charge in [0.25, 0.3) is 5.91 Å². The molecule has 38 heavy (non-hydrogen) atoms. The average molecular weight is 519 g/mol. The minimum atomic E-state index is -1.03. The molecule has 2 aromatic rings. The van der Waals surface area contributed by atoms with Crippen molar-refractivity contribution in [1.82, 2.24) is 15.1 Å². The number of carboxylic acid groups (broad SMARTS) is 1. The molecule has 2 bridgehead atoms. The maximum Gasteiger partial charge on any atom is 0.339 e. The SMILES string of the molecule is COc1ccc(CN2CCCNC(=O)[C@H]3C[C@@H]4CCCN4[C@@]34C(=O)N(CC2)c2ccccc24)cc1C(=O)O. The van der Waals surface area contributed by atoms with E-state index in [0.29, 0.717) is 38.5 Å². The highest BCUT2D eigenvalue weighted by molar-refractivity contribution is 6.11. The van der Waals surface area contributed by atoms with E-state index in [1.807, 2.05) is 35.2 Å². The summed E-state index contributed by atoms with van der Waals surface area (Å²) in [6.07, 6.45) is 3.55. The molecule has 4 aliphatic rings. The van der Waals surface area contributed by atoms with Gasteiger partial charge >= 0.3 is 5.97 Å². The van der Waals surface area contributed by atoms with Crippen LogP contribution in [0.4, 0.5) is 5.69 Å². The lowest BCUT2D eigenvalue weighted by Gasteiger charge is -2.38. The lowest BCUT2D eigenvalue weighted by Crippen LogP contribution is -2.57. The van der Waals surface area contributed by atoms with Gasteiger partial charge in [-0.15, -0.1) is 0 Å². The molecule has 0 aliphatic carbocycles. The summed E-state index contributed by atoms with van der Waals surface area (Å²) < 4.78 is 5.21. The van der Waals surface area contributed by atoms with Crippen LogP contribution < -0.4 is 15.0 Å².